The highest BCUT2D eigenvalue weighted by Crippen LogP contribution is 2.31. The summed E-state index contributed by atoms with van der Waals surface area (Å²) in [6, 6.07) is -0.0344. The molecule has 0 bridgehead atoms. The normalized spacial score (nSPS) is 22.8. The van der Waals surface area contributed by atoms with Gasteiger partial charge in [0.1, 0.15) is 0 Å². The van der Waals surface area contributed by atoms with Crippen LogP contribution in [0.5, 0.6) is 0 Å². The molecule has 0 aromatic rings. The van der Waals surface area contributed by atoms with Gasteiger partial charge >= 0.3 is 0 Å². The van der Waals surface area contributed by atoms with Crippen molar-refractivity contribution in [1.82, 2.24) is 0 Å². The van der Waals surface area contributed by atoms with E-state index in [-0.39, 0.29) is 17.9 Å². The molecule has 0 aromatic carbocycles. The Morgan fingerprint density at radius 1 is 1.58 bits per heavy atom. The van der Waals surface area contributed by atoms with Crippen molar-refractivity contribution < 1.29 is 4.79 Å². The van der Waals surface area contributed by atoms with Crippen LogP contribution in [0.1, 0.15) is 32.6 Å². The minimum Gasteiger partial charge on any atom is -0.369 e. The van der Waals surface area contributed by atoms with Crippen LogP contribution in [0.3, 0.4) is 0 Å². The first-order chi connectivity index (χ1) is 5.61. The van der Waals surface area contributed by atoms with Crippen molar-refractivity contribution in [3.05, 3.63) is 0 Å². The number of carbonyl (C=O) groups is 1. The molecule has 0 aromatic heterocycles. The van der Waals surface area contributed by atoms with Gasteiger partial charge in [0.2, 0.25) is 5.91 Å². The summed E-state index contributed by atoms with van der Waals surface area (Å²) >= 11 is 0. The zero-order chi connectivity index (χ0) is 9.14. The third-order valence-corrected chi connectivity index (χ3v) is 2.92. The molecule has 1 saturated carbocycles. The van der Waals surface area contributed by atoms with Gasteiger partial charge in [0, 0.05) is 12.0 Å². The summed E-state index contributed by atoms with van der Waals surface area (Å²) in [5.74, 6) is 0.300. The highest BCUT2D eigenvalue weighted by Gasteiger charge is 2.25. The summed E-state index contributed by atoms with van der Waals surface area (Å²) in [6.07, 6.45) is 4.84. The smallest absolute Gasteiger partial charge is 0.221 e. The van der Waals surface area contributed by atoms with E-state index in [0.717, 1.165) is 12.3 Å². The van der Waals surface area contributed by atoms with Crippen molar-refractivity contribution in [2.75, 3.05) is 0 Å². The fraction of sp³-hybridized carbons (Fsp3) is 0.889. The van der Waals surface area contributed by atoms with Gasteiger partial charge in [-0.1, -0.05) is 26.2 Å². The van der Waals surface area contributed by atoms with E-state index in [9.17, 15) is 4.79 Å². The average Bonchev–Trinajstić information content (AvgIpc) is 1.94. The molecule has 0 radical (unpaired) electrons. The van der Waals surface area contributed by atoms with Gasteiger partial charge in [0.05, 0.1) is 0 Å². The van der Waals surface area contributed by atoms with Crippen LogP contribution in [0, 0.1) is 11.8 Å². The Hall–Kier alpha value is -0.570. The van der Waals surface area contributed by atoms with Crippen molar-refractivity contribution in [1.29, 1.82) is 0 Å². The van der Waals surface area contributed by atoms with Crippen LogP contribution in [0.2, 0.25) is 0 Å². The highest BCUT2D eigenvalue weighted by atomic mass is 16.1. The maximum absolute atomic E-state index is 10.8. The first-order valence-electron chi connectivity index (χ1n) is 4.66. The lowest BCUT2D eigenvalue weighted by molar-refractivity contribution is -0.122. The molecule has 1 aliphatic rings. The molecule has 3 heteroatoms. The van der Waals surface area contributed by atoms with E-state index in [1.54, 1.807) is 0 Å². The molecule has 1 amide bonds. The molecular formula is C9H18N2O. The fourth-order valence-electron chi connectivity index (χ4n) is 1.53. The molecule has 4 N–H and O–H groups in total. The third-order valence-electron chi connectivity index (χ3n) is 2.92. The van der Waals surface area contributed by atoms with Gasteiger partial charge in [-0.2, -0.15) is 0 Å². The lowest BCUT2D eigenvalue weighted by Gasteiger charge is -2.29. The third kappa shape index (κ3) is 2.21. The molecule has 1 aliphatic carbocycles. The lowest BCUT2D eigenvalue weighted by Crippen LogP contribution is -2.39. The first-order valence-corrected chi connectivity index (χ1v) is 4.66. The average molecular weight is 170 g/mol. The first kappa shape index (κ1) is 9.52. The SMILES string of the molecule is CC(C(N)=O)C(N)CC1CCC1. The Labute approximate surface area is 73.5 Å². The highest BCUT2D eigenvalue weighted by molar-refractivity contribution is 5.76. The summed E-state index contributed by atoms with van der Waals surface area (Å²) < 4.78 is 0. The Kier molecular flexibility index (Phi) is 3.09. The monoisotopic (exact) mass is 170 g/mol. The quantitative estimate of drug-likeness (QED) is 0.649. The molecule has 12 heavy (non-hydrogen) atoms. The second-order valence-electron chi connectivity index (χ2n) is 3.89. The maximum Gasteiger partial charge on any atom is 0.221 e. The molecule has 2 unspecified atom stereocenters. The number of carbonyl (C=O) groups excluding carboxylic acids is 1. The van der Waals surface area contributed by atoms with E-state index in [1.165, 1.54) is 19.3 Å². The van der Waals surface area contributed by atoms with Gasteiger partial charge < -0.3 is 11.5 Å². The lowest BCUT2D eigenvalue weighted by atomic mass is 9.79. The molecule has 1 rings (SSSR count). The van der Waals surface area contributed by atoms with Crippen molar-refractivity contribution in [3.8, 4) is 0 Å². The fourth-order valence-corrected chi connectivity index (χ4v) is 1.53. The molecule has 0 saturated heterocycles. The van der Waals surface area contributed by atoms with Crippen LogP contribution >= 0.6 is 0 Å². The summed E-state index contributed by atoms with van der Waals surface area (Å²) in [4.78, 5) is 10.8. The zero-order valence-corrected chi connectivity index (χ0v) is 7.62. The maximum atomic E-state index is 10.8. The molecule has 0 heterocycles. The van der Waals surface area contributed by atoms with E-state index >= 15 is 0 Å². The molecule has 70 valence electrons. The molecule has 1 fully saturated rings. The number of nitrogens with two attached hydrogens (primary N) is 2. The van der Waals surface area contributed by atoms with E-state index in [4.69, 9.17) is 11.5 Å². The predicted molar refractivity (Wildman–Crippen MR) is 48.3 cm³/mol. The minimum atomic E-state index is -0.276. The van der Waals surface area contributed by atoms with E-state index in [2.05, 4.69) is 0 Å². The number of rotatable bonds is 4. The van der Waals surface area contributed by atoms with Crippen LogP contribution < -0.4 is 11.5 Å². The van der Waals surface area contributed by atoms with E-state index < -0.39 is 0 Å². The Bertz CT molecular complexity index is 166. The van der Waals surface area contributed by atoms with Gasteiger partial charge in [-0.25, -0.2) is 0 Å². The van der Waals surface area contributed by atoms with Gasteiger partial charge in [-0.15, -0.1) is 0 Å². The second kappa shape index (κ2) is 3.90. The number of primary amides is 1. The van der Waals surface area contributed by atoms with Crippen molar-refractivity contribution >= 4 is 5.91 Å². The van der Waals surface area contributed by atoms with Crippen LogP contribution in [0.15, 0.2) is 0 Å². The van der Waals surface area contributed by atoms with Crippen molar-refractivity contribution in [2.45, 2.75) is 38.6 Å². The van der Waals surface area contributed by atoms with E-state index in [1.807, 2.05) is 6.92 Å². The summed E-state index contributed by atoms with van der Waals surface area (Å²) in [6.45, 7) is 1.81. The Balaban J connectivity index is 2.25. The molecule has 0 aliphatic heterocycles. The Morgan fingerprint density at radius 2 is 2.17 bits per heavy atom. The topological polar surface area (TPSA) is 69.1 Å². The predicted octanol–water partition coefficient (Wildman–Crippen LogP) is 0.625. The molecule has 3 nitrogen and oxygen atoms in total. The van der Waals surface area contributed by atoms with Gasteiger partial charge in [-0.3, -0.25) is 4.79 Å². The van der Waals surface area contributed by atoms with Crippen LogP contribution in [0.4, 0.5) is 0 Å². The number of amides is 1. The van der Waals surface area contributed by atoms with Crippen molar-refractivity contribution in [2.24, 2.45) is 23.3 Å². The number of hydrogen-bond acceptors (Lipinski definition) is 2. The van der Waals surface area contributed by atoms with Gasteiger partial charge in [-0.05, 0) is 12.3 Å². The van der Waals surface area contributed by atoms with Crippen molar-refractivity contribution in [3.63, 3.8) is 0 Å². The second-order valence-corrected chi connectivity index (χ2v) is 3.89. The molecule has 2 atom stereocenters. The number of hydrogen-bond donors (Lipinski definition) is 2. The molecule has 0 spiro atoms. The van der Waals surface area contributed by atoms with Crippen LogP contribution in [0.25, 0.3) is 0 Å². The van der Waals surface area contributed by atoms with Gasteiger partial charge in [0.15, 0.2) is 0 Å². The van der Waals surface area contributed by atoms with Gasteiger partial charge in [0.25, 0.3) is 0 Å². The zero-order valence-electron chi connectivity index (χ0n) is 7.62. The standard InChI is InChI=1S/C9H18N2O/c1-6(9(11)12)8(10)5-7-3-2-4-7/h6-8H,2-5,10H2,1H3,(H2,11,12). The van der Waals surface area contributed by atoms with E-state index in [0.29, 0.717) is 0 Å². The Morgan fingerprint density at radius 3 is 2.50 bits per heavy atom. The summed E-state index contributed by atoms with van der Waals surface area (Å²) in [5.41, 5.74) is 11.0. The van der Waals surface area contributed by atoms with Crippen LogP contribution in [-0.2, 0) is 4.79 Å². The van der Waals surface area contributed by atoms with Crippen LogP contribution in [-0.4, -0.2) is 11.9 Å². The largest absolute Gasteiger partial charge is 0.369 e. The minimum absolute atomic E-state index is 0.0344. The summed E-state index contributed by atoms with van der Waals surface area (Å²) in [5, 5.41) is 0. The molecular weight excluding hydrogens is 152 g/mol. The summed E-state index contributed by atoms with van der Waals surface area (Å²) in [7, 11) is 0.